The summed E-state index contributed by atoms with van der Waals surface area (Å²) in [6, 6.07) is -0.0187. The van der Waals surface area contributed by atoms with E-state index in [9.17, 15) is 13.2 Å². The third-order valence-electron chi connectivity index (χ3n) is 2.58. The van der Waals surface area contributed by atoms with Gasteiger partial charge < -0.3 is 0 Å². The molecule has 1 rings (SSSR count). The molecule has 1 aliphatic carbocycles. The summed E-state index contributed by atoms with van der Waals surface area (Å²) in [4.78, 5) is 4.35. The summed E-state index contributed by atoms with van der Waals surface area (Å²) >= 11 is 0. The average Bonchev–Trinajstić information content (AvgIpc) is 2.66. The minimum Gasteiger partial charge on any atom is -0.292 e. The van der Waals surface area contributed by atoms with Crippen LogP contribution < -0.4 is 5.48 Å². The predicted molar refractivity (Wildman–Crippen MR) is 41.9 cm³/mol. The Morgan fingerprint density at radius 2 is 2.00 bits per heavy atom. The van der Waals surface area contributed by atoms with E-state index in [-0.39, 0.29) is 11.5 Å². The van der Waals surface area contributed by atoms with E-state index in [1.54, 1.807) is 0 Å². The zero-order valence-electron chi connectivity index (χ0n) is 7.74. The van der Waals surface area contributed by atoms with E-state index < -0.39 is 12.8 Å². The number of nitrogens with one attached hydrogen (secondary N) is 1. The van der Waals surface area contributed by atoms with E-state index in [2.05, 4.69) is 10.3 Å². The van der Waals surface area contributed by atoms with Crippen LogP contribution in [0.5, 0.6) is 0 Å². The first kappa shape index (κ1) is 10.8. The molecule has 5 heteroatoms. The van der Waals surface area contributed by atoms with Crippen LogP contribution in [0.3, 0.4) is 0 Å². The van der Waals surface area contributed by atoms with Gasteiger partial charge in [0.15, 0.2) is 6.61 Å². The summed E-state index contributed by atoms with van der Waals surface area (Å²) in [6.45, 7) is 2.64. The van der Waals surface area contributed by atoms with Crippen molar-refractivity contribution in [2.45, 2.75) is 38.9 Å². The molecular weight excluding hydrogens is 183 g/mol. The van der Waals surface area contributed by atoms with Gasteiger partial charge in [0.05, 0.1) is 0 Å². The molecule has 1 saturated carbocycles. The van der Waals surface area contributed by atoms with Crippen LogP contribution in [0.15, 0.2) is 0 Å². The van der Waals surface area contributed by atoms with Crippen LogP contribution in [-0.2, 0) is 4.84 Å². The van der Waals surface area contributed by atoms with E-state index >= 15 is 0 Å². The molecular formula is C8H14F3NO. The number of halogens is 3. The van der Waals surface area contributed by atoms with Gasteiger partial charge in [-0.2, -0.15) is 18.7 Å². The molecule has 0 heterocycles. The lowest BCUT2D eigenvalue weighted by Gasteiger charge is -2.20. The van der Waals surface area contributed by atoms with Crippen LogP contribution in [0.4, 0.5) is 13.2 Å². The second-order valence-electron chi connectivity index (χ2n) is 3.90. The van der Waals surface area contributed by atoms with Gasteiger partial charge in [0.25, 0.3) is 0 Å². The van der Waals surface area contributed by atoms with Gasteiger partial charge in [-0.05, 0) is 25.2 Å². The fraction of sp³-hybridized carbons (Fsp3) is 1.00. The van der Waals surface area contributed by atoms with E-state index in [1.807, 2.05) is 13.8 Å². The maximum Gasteiger partial charge on any atom is 0.413 e. The van der Waals surface area contributed by atoms with Crippen molar-refractivity contribution >= 4 is 0 Å². The molecule has 0 aromatic rings. The lowest BCUT2D eigenvalue weighted by molar-refractivity contribution is -0.194. The Morgan fingerprint density at radius 3 is 2.38 bits per heavy atom. The molecule has 1 N–H and O–H groups in total. The highest BCUT2D eigenvalue weighted by atomic mass is 19.4. The number of hydroxylamine groups is 1. The third-order valence-corrected chi connectivity index (χ3v) is 2.58. The molecule has 0 aromatic heterocycles. The maximum absolute atomic E-state index is 11.7. The summed E-state index contributed by atoms with van der Waals surface area (Å²) < 4.78 is 35.0. The molecule has 2 nitrogen and oxygen atoms in total. The standard InChI is InChI=1S/C8H14F3NO/c1-6(7(2)3-4-7)12-13-5-8(9,10)11/h6,12H,3-5H2,1-2H3. The smallest absolute Gasteiger partial charge is 0.292 e. The van der Waals surface area contributed by atoms with Crippen molar-refractivity contribution in [3.8, 4) is 0 Å². The highest BCUT2D eigenvalue weighted by Crippen LogP contribution is 2.47. The number of alkyl halides is 3. The van der Waals surface area contributed by atoms with Crippen LogP contribution in [-0.4, -0.2) is 18.8 Å². The van der Waals surface area contributed by atoms with Crippen molar-refractivity contribution in [3.05, 3.63) is 0 Å². The fourth-order valence-corrected chi connectivity index (χ4v) is 1.02. The van der Waals surface area contributed by atoms with E-state index in [1.165, 1.54) is 0 Å². The lowest BCUT2D eigenvalue weighted by atomic mass is 10.0. The number of hydrogen-bond acceptors (Lipinski definition) is 2. The first-order valence-electron chi connectivity index (χ1n) is 4.28. The zero-order chi connectivity index (χ0) is 10.1. The van der Waals surface area contributed by atoms with E-state index in [0.29, 0.717) is 0 Å². The molecule has 78 valence electrons. The first-order valence-corrected chi connectivity index (χ1v) is 4.28. The molecule has 0 aliphatic heterocycles. The molecule has 13 heavy (non-hydrogen) atoms. The van der Waals surface area contributed by atoms with Gasteiger partial charge in [-0.3, -0.25) is 4.84 Å². The fourth-order valence-electron chi connectivity index (χ4n) is 1.02. The molecule has 0 bridgehead atoms. The average molecular weight is 197 g/mol. The van der Waals surface area contributed by atoms with Crippen LogP contribution >= 0.6 is 0 Å². The van der Waals surface area contributed by atoms with Crippen molar-refractivity contribution in [3.63, 3.8) is 0 Å². The quantitative estimate of drug-likeness (QED) is 0.698. The van der Waals surface area contributed by atoms with E-state index in [4.69, 9.17) is 0 Å². The van der Waals surface area contributed by atoms with Gasteiger partial charge in [0.1, 0.15) is 0 Å². The number of hydrogen-bond donors (Lipinski definition) is 1. The molecule has 0 saturated heterocycles. The summed E-state index contributed by atoms with van der Waals surface area (Å²) in [5, 5.41) is 0. The van der Waals surface area contributed by atoms with Crippen molar-refractivity contribution in [2.75, 3.05) is 6.61 Å². The maximum atomic E-state index is 11.7. The minimum absolute atomic E-state index is 0.0187. The summed E-state index contributed by atoms with van der Waals surface area (Å²) in [7, 11) is 0. The normalized spacial score (nSPS) is 22.8. The van der Waals surface area contributed by atoms with Crippen molar-refractivity contribution in [1.29, 1.82) is 0 Å². The zero-order valence-corrected chi connectivity index (χ0v) is 7.74. The molecule has 1 fully saturated rings. The highest BCUT2D eigenvalue weighted by Gasteiger charge is 2.43. The molecule has 0 radical (unpaired) electrons. The number of rotatable bonds is 4. The Bertz CT molecular complexity index is 177. The van der Waals surface area contributed by atoms with Gasteiger partial charge in [-0.1, -0.05) is 6.92 Å². The van der Waals surface area contributed by atoms with Crippen LogP contribution in [0.2, 0.25) is 0 Å². The molecule has 1 aliphatic rings. The van der Waals surface area contributed by atoms with Crippen molar-refractivity contribution in [1.82, 2.24) is 5.48 Å². The van der Waals surface area contributed by atoms with Gasteiger partial charge in [0, 0.05) is 6.04 Å². The monoisotopic (exact) mass is 197 g/mol. The first-order chi connectivity index (χ1) is 5.83. The van der Waals surface area contributed by atoms with E-state index in [0.717, 1.165) is 12.8 Å². The van der Waals surface area contributed by atoms with Gasteiger partial charge in [-0.15, -0.1) is 0 Å². The lowest BCUT2D eigenvalue weighted by Crippen LogP contribution is -2.36. The Morgan fingerprint density at radius 1 is 1.46 bits per heavy atom. The van der Waals surface area contributed by atoms with Crippen molar-refractivity contribution < 1.29 is 18.0 Å². The summed E-state index contributed by atoms with van der Waals surface area (Å²) in [5.41, 5.74) is 2.55. The van der Waals surface area contributed by atoms with Crippen LogP contribution in [0.25, 0.3) is 0 Å². The Labute approximate surface area is 75.4 Å². The largest absolute Gasteiger partial charge is 0.413 e. The van der Waals surface area contributed by atoms with Crippen LogP contribution in [0, 0.1) is 5.41 Å². The summed E-state index contributed by atoms with van der Waals surface area (Å²) in [6.07, 6.45) is -2.15. The molecule has 1 atom stereocenters. The Balaban J connectivity index is 2.12. The van der Waals surface area contributed by atoms with Crippen LogP contribution in [0.1, 0.15) is 26.7 Å². The second-order valence-corrected chi connectivity index (χ2v) is 3.90. The third kappa shape index (κ3) is 3.52. The Kier molecular flexibility index (Phi) is 2.87. The topological polar surface area (TPSA) is 21.3 Å². The predicted octanol–water partition coefficient (Wildman–Crippen LogP) is 2.26. The van der Waals surface area contributed by atoms with Gasteiger partial charge in [-0.25, -0.2) is 0 Å². The van der Waals surface area contributed by atoms with Gasteiger partial charge in [0.2, 0.25) is 0 Å². The summed E-state index contributed by atoms with van der Waals surface area (Å²) in [5.74, 6) is 0. The highest BCUT2D eigenvalue weighted by molar-refractivity contribution is 4.95. The van der Waals surface area contributed by atoms with Gasteiger partial charge >= 0.3 is 6.18 Å². The van der Waals surface area contributed by atoms with Crippen molar-refractivity contribution in [2.24, 2.45) is 5.41 Å². The molecule has 0 amide bonds. The Hall–Kier alpha value is -0.290. The molecule has 1 unspecified atom stereocenters. The minimum atomic E-state index is -4.25. The SMILES string of the molecule is CC(NOCC(F)(F)F)C1(C)CC1. The second kappa shape index (κ2) is 3.46. The molecule has 0 aromatic carbocycles. The molecule has 0 spiro atoms.